The summed E-state index contributed by atoms with van der Waals surface area (Å²) in [6.07, 6.45) is 0. The van der Waals surface area contributed by atoms with Crippen LogP contribution in [0.2, 0.25) is 5.02 Å². The Labute approximate surface area is 148 Å². The number of nitrogens with one attached hydrogen (secondary N) is 1. The normalized spacial score (nSPS) is 10.4. The molecular formula is C17H14ClN3O2S. The zero-order chi connectivity index (χ0) is 16.9. The summed E-state index contributed by atoms with van der Waals surface area (Å²) < 4.78 is 5.79. The molecule has 24 heavy (non-hydrogen) atoms. The maximum absolute atomic E-state index is 12.4. The summed E-state index contributed by atoms with van der Waals surface area (Å²) in [5.74, 6) is 0.226. The van der Waals surface area contributed by atoms with Crippen LogP contribution in [0.25, 0.3) is 0 Å². The van der Waals surface area contributed by atoms with Gasteiger partial charge in [-0.05, 0) is 36.8 Å². The molecule has 1 aromatic heterocycles. The van der Waals surface area contributed by atoms with E-state index in [1.807, 2.05) is 25.1 Å². The van der Waals surface area contributed by atoms with E-state index in [-0.39, 0.29) is 5.91 Å². The van der Waals surface area contributed by atoms with Crippen LogP contribution in [0.1, 0.15) is 20.9 Å². The number of benzene rings is 2. The molecule has 2 aromatic carbocycles. The van der Waals surface area contributed by atoms with Gasteiger partial charge < -0.3 is 4.74 Å². The number of halogens is 1. The highest BCUT2D eigenvalue weighted by molar-refractivity contribution is 7.15. The van der Waals surface area contributed by atoms with E-state index in [4.69, 9.17) is 16.3 Å². The molecule has 0 radical (unpaired) electrons. The van der Waals surface area contributed by atoms with Crippen LogP contribution in [0.4, 0.5) is 5.13 Å². The van der Waals surface area contributed by atoms with Crippen molar-refractivity contribution in [2.45, 2.75) is 13.5 Å². The van der Waals surface area contributed by atoms with Gasteiger partial charge in [-0.15, -0.1) is 10.2 Å². The van der Waals surface area contributed by atoms with E-state index in [1.54, 1.807) is 30.3 Å². The van der Waals surface area contributed by atoms with Gasteiger partial charge in [0.2, 0.25) is 5.13 Å². The molecular weight excluding hydrogens is 346 g/mol. The minimum atomic E-state index is -0.280. The summed E-state index contributed by atoms with van der Waals surface area (Å²) in [4.78, 5) is 12.4. The van der Waals surface area contributed by atoms with Crippen LogP contribution in [0, 0.1) is 6.92 Å². The molecule has 3 aromatic rings. The number of anilines is 1. The summed E-state index contributed by atoms with van der Waals surface area (Å²) in [5, 5.41) is 12.4. The van der Waals surface area contributed by atoms with Gasteiger partial charge in [-0.3, -0.25) is 10.1 Å². The third kappa shape index (κ3) is 4.10. The molecule has 1 heterocycles. The van der Waals surface area contributed by atoms with Gasteiger partial charge in [0.15, 0.2) is 0 Å². The molecule has 122 valence electrons. The number of aromatic nitrogens is 2. The van der Waals surface area contributed by atoms with Crippen molar-refractivity contribution in [1.29, 1.82) is 0 Å². The molecule has 0 fully saturated rings. The molecule has 1 amide bonds. The monoisotopic (exact) mass is 359 g/mol. The summed E-state index contributed by atoms with van der Waals surface area (Å²) in [7, 11) is 0. The van der Waals surface area contributed by atoms with Crippen molar-refractivity contribution in [2.75, 3.05) is 5.32 Å². The topological polar surface area (TPSA) is 64.1 Å². The summed E-state index contributed by atoms with van der Waals surface area (Å²) in [6, 6.07) is 14.5. The van der Waals surface area contributed by atoms with E-state index < -0.39 is 0 Å². The lowest BCUT2D eigenvalue weighted by Crippen LogP contribution is -2.13. The van der Waals surface area contributed by atoms with E-state index in [9.17, 15) is 4.79 Å². The molecule has 3 rings (SSSR count). The number of rotatable bonds is 5. The average molecular weight is 360 g/mol. The van der Waals surface area contributed by atoms with Crippen molar-refractivity contribution in [1.82, 2.24) is 10.2 Å². The smallest absolute Gasteiger partial charge is 0.261 e. The Balaban J connectivity index is 1.72. The third-order valence-corrected chi connectivity index (χ3v) is 4.19. The second-order valence-corrected chi connectivity index (χ2v) is 6.61. The fourth-order valence-corrected chi connectivity index (χ4v) is 2.75. The van der Waals surface area contributed by atoms with E-state index in [0.717, 1.165) is 10.6 Å². The van der Waals surface area contributed by atoms with Crippen molar-refractivity contribution in [2.24, 2.45) is 0 Å². The van der Waals surface area contributed by atoms with Gasteiger partial charge in [-0.1, -0.05) is 47.2 Å². The minimum Gasteiger partial charge on any atom is -0.488 e. The third-order valence-electron chi connectivity index (χ3n) is 3.19. The number of hydrogen-bond donors (Lipinski definition) is 1. The number of amides is 1. The van der Waals surface area contributed by atoms with Crippen LogP contribution < -0.4 is 10.1 Å². The van der Waals surface area contributed by atoms with Crippen LogP contribution in [0.5, 0.6) is 5.75 Å². The van der Waals surface area contributed by atoms with Gasteiger partial charge >= 0.3 is 0 Å². The summed E-state index contributed by atoms with van der Waals surface area (Å²) >= 11 is 7.19. The van der Waals surface area contributed by atoms with E-state index in [0.29, 0.717) is 28.1 Å². The van der Waals surface area contributed by atoms with Crippen LogP contribution in [0.3, 0.4) is 0 Å². The zero-order valence-electron chi connectivity index (χ0n) is 12.8. The van der Waals surface area contributed by atoms with Gasteiger partial charge in [-0.2, -0.15) is 0 Å². The maximum atomic E-state index is 12.4. The number of ether oxygens (including phenoxy) is 1. The number of para-hydroxylation sites is 1. The SMILES string of the molecule is Cc1nnc(NC(=O)c2ccccc2OCc2ccc(Cl)cc2)s1. The number of hydrogen-bond acceptors (Lipinski definition) is 5. The molecule has 0 saturated carbocycles. The Morgan fingerprint density at radius 2 is 1.92 bits per heavy atom. The highest BCUT2D eigenvalue weighted by Crippen LogP contribution is 2.22. The van der Waals surface area contributed by atoms with Crippen molar-refractivity contribution in [3.8, 4) is 5.75 Å². The first-order chi connectivity index (χ1) is 11.6. The molecule has 0 atom stereocenters. The fourth-order valence-electron chi connectivity index (χ4n) is 2.03. The zero-order valence-corrected chi connectivity index (χ0v) is 14.4. The van der Waals surface area contributed by atoms with Crippen LogP contribution in [0.15, 0.2) is 48.5 Å². The highest BCUT2D eigenvalue weighted by Gasteiger charge is 2.14. The van der Waals surface area contributed by atoms with Crippen LogP contribution in [-0.2, 0) is 6.61 Å². The fraction of sp³-hybridized carbons (Fsp3) is 0.118. The lowest BCUT2D eigenvalue weighted by molar-refractivity contribution is 0.102. The lowest BCUT2D eigenvalue weighted by atomic mass is 10.2. The molecule has 1 N–H and O–H groups in total. The molecule has 0 aliphatic rings. The lowest BCUT2D eigenvalue weighted by Gasteiger charge is -2.11. The molecule has 0 saturated heterocycles. The first kappa shape index (κ1) is 16.4. The number of nitrogens with zero attached hydrogens (tertiary/aromatic N) is 2. The quantitative estimate of drug-likeness (QED) is 0.736. The van der Waals surface area contributed by atoms with Crippen molar-refractivity contribution >= 4 is 34.0 Å². The number of carbonyl (C=O) groups is 1. The number of aryl methyl sites for hydroxylation is 1. The van der Waals surface area contributed by atoms with Gasteiger partial charge in [-0.25, -0.2) is 0 Å². The summed E-state index contributed by atoms with van der Waals surface area (Å²) in [5.41, 5.74) is 1.41. The predicted octanol–water partition coefficient (Wildman–Crippen LogP) is 4.33. The van der Waals surface area contributed by atoms with E-state index in [2.05, 4.69) is 15.5 Å². The second-order valence-electron chi connectivity index (χ2n) is 4.99. The molecule has 0 aliphatic carbocycles. The van der Waals surface area contributed by atoms with Gasteiger partial charge in [0.25, 0.3) is 5.91 Å². The van der Waals surface area contributed by atoms with Gasteiger partial charge in [0.1, 0.15) is 17.4 Å². The van der Waals surface area contributed by atoms with Crippen LogP contribution in [-0.4, -0.2) is 16.1 Å². The largest absolute Gasteiger partial charge is 0.488 e. The average Bonchev–Trinajstić information content (AvgIpc) is 2.99. The molecule has 0 aliphatic heterocycles. The van der Waals surface area contributed by atoms with Crippen molar-refractivity contribution in [3.05, 3.63) is 69.7 Å². The predicted molar refractivity (Wildman–Crippen MR) is 94.8 cm³/mol. The Hall–Kier alpha value is -2.44. The van der Waals surface area contributed by atoms with Gasteiger partial charge in [0, 0.05) is 5.02 Å². The molecule has 0 unspecified atom stereocenters. The standard InChI is InChI=1S/C17H14ClN3O2S/c1-11-20-21-17(24-11)19-16(22)14-4-2-3-5-15(14)23-10-12-6-8-13(18)9-7-12/h2-9H,10H2,1H3,(H,19,21,22). The second kappa shape index (κ2) is 7.42. The summed E-state index contributed by atoms with van der Waals surface area (Å²) in [6.45, 7) is 2.18. The Bertz CT molecular complexity index is 849. The molecule has 5 nitrogen and oxygen atoms in total. The van der Waals surface area contributed by atoms with Crippen molar-refractivity contribution < 1.29 is 9.53 Å². The van der Waals surface area contributed by atoms with Crippen molar-refractivity contribution in [3.63, 3.8) is 0 Å². The molecule has 0 spiro atoms. The first-order valence-corrected chi connectivity index (χ1v) is 8.39. The van der Waals surface area contributed by atoms with Gasteiger partial charge in [0.05, 0.1) is 5.56 Å². The molecule has 0 bridgehead atoms. The van der Waals surface area contributed by atoms with Crippen LogP contribution >= 0.6 is 22.9 Å². The highest BCUT2D eigenvalue weighted by atomic mass is 35.5. The number of carbonyl (C=O) groups excluding carboxylic acids is 1. The Morgan fingerprint density at radius 1 is 1.17 bits per heavy atom. The van der Waals surface area contributed by atoms with E-state index >= 15 is 0 Å². The minimum absolute atomic E-state index is 0.280. The Kier molecular flexibility index (Phi) is 5.08. The van der Waals surface area contributed by atoms with E-state index in [1.165, 1.54) is 11.3 Å². The Morgan fingerprint density at radius 3 is 2.62 bits per heavy atom. The molecule has 7 heteroatoms. The first-order valence-electron chi connectivity index (χ1n) is 7.19. The maximum Gasteiger partial charge on any atom is 0.261 e.